The molecule has 2 aliphatic rings. The molecule has 2 bridgehead atoms. The molecule has 2 amide bonds. The molecule has 2 saturated heterocycles. The first-order valence-corrected chi connectivity index (χ1v) is 9.46. The van der Waals surface area contributed by atoms with Crippen molar-refractivity contribution in [2.45, 2.75) is 54.4 Å². The lowest BCUT2D eigenvalue weighted by molar-refractivity contribution is -0.114. The number of fused-ring (bicyclic) bond motifs is 2. The molecule has 3 atom stereocenters. The zero-order valence-electron chi connectivity index (χ0n) is 14.3. The second-order valence-electron chi connectivity index (χ2n) is 6.67. The van der Waals surface area contributed by atoms with Crippen molar-refractivity contribution in [3.8, 4) is 0 Å². The van der Waals surface area contributed by atoms with Crippen molar-refractivity contribution in [1.29, 1.82) is 0 Å². The Kier molecular flexibility index (Phi) is 4.69. The second-order valence-corrected chi connectivity index (χ2v) is 7.69. The number of hydrogen-bond donors (Lipinski definition) is 3. The number of benzene rings is 1. The van der Waals surface area contributed by atoms with Gasteiger partial charge in [-0.05, 0) is 55.3 Å². The Labute approximate surface area is 155 Å². The summed E-state index contributed by atoms with van der Waals surface area (Å²) in [7, 11) is 0. The van der Waals surface area contributed by atoms with Crippen molar-refractivity contribution in [3.05, 3.63) is 36.1 Å². The van der Waals surface area contributed by atoms with E-state index in [2.05, 4.69) is 20.9 Å². The normalized spacial score (nSPS) is 23.8. The highest BCUT2D eigenvalue weighted by Crippen LogP contribution is 2.29. The van der Waals surface area contributed by atoms with Crippen molar-refractivity contribution < 1.29 is 14.0 Å². The molecule has 26 heavy (non-hydrogen) atoms. The lowest BCUT2D eigenvalue weighted by Crippen LogP contribution is -2.42. The van der Waals surface area contributed by atoms with E-state index in [1.807, 2.05) is 12.1 Å². The van der Waals surface area contributed by atoms with Crippen LogP contribution in [-0.4, -0.2) is 34.9 Å². The van der Waals surface area contributed by atoms with Crippen LogP contribution in [0, 0.1) is 0 Å². The number of carbonyl (C=O) groups excluding carboxylic acids is 2. The number of aromatic nitrogens is 1. The molecular formula is C18H20N4O3S. The Morgan fingerprint density at radius 2 is 2.08 bits per heavy atom. The Bertz CT molecular complexity index is 820. The number of rotatable bonds is 5. The minimum absolute atomic E-state index is 0.0371. The SMILES string of the molecule is CC(=O)Nc1coc(Sc2ccc(C(=O)N[C@@H]3C[C@H]4CC[C@@H]3N4)cc2)n1. The molecule has 4 rings (SSSR count). The van der Waals surface area contributed by atoms with E-state index >= 15 is 0 Å². The van der Waals surface area contributed by atoms with Crippen LogP contribution < -0.4 is 16.0 Å². The van der Waals surface area contributed by atoms with E-state index in [-0.39, 0.29) is 17.9 Å². The van der Waals surface area contributed by atoms with Gasteiger partial charge in [-0.3, -0.25) is 9.59 Å². The molecule has 0 aliphatic carbocycles. The van der Waals surface area contributed by atoms with Gasteiger partial charge in [0.15, 0.2) is 5.82 Å². The molecule has 0 radical (unpaired) electrons. The predicted molar refractivity (Wildman–Crippen MR) is 97.2 cm³/mol. The summed E-state index contributed by atoms with van der Waals surface area (Å²) in [5.74, 6) is 0.149. The minimum atomic E-state index is -0.198. The highest BCUT2D eigenvalue weighted by atomic mass is 32.2. The van der Waals surface area contributed by atoms with Crippen LogP contribution >= 0.6 is 11.8 Å². The highest BCUT2D eigenvalue weighted by Gasteiger charge is 2.39. The molecule has 0 unspecified atom stereocenters. The molecular weight excluding hydrogens is 352 g/mol. The quantitative estimate of drug-likeness (QED) is 0.746. The molecule has 2 fully saturated rings. The van der Waals surface area contributed by atoms with Crippen LogP contribution in [-0.2, 0) is 4.79 Å². The smallest absolute Gasteiger partial charge is 0.262 e. The first-order chi connectivity index (χ1) is 12.6. The molecule has 136 valence electrons. The fourth-order valence-corrected chi connectivity index (χ4v) is 4.27. The van der Waals surface area contributed by atoms with E-state index < -0.39 is 0 Å². The second kappa shape index (κ2) is 7.13. The third kappa shape index (κ3) is 3.76. The maximum Gasteiger partial charge on any atom is 0.262 e. The van der Waals surface area contributed by atoms with E-state index in [1.54, 1.807) is 12.1 Å². The highest BCUT2D eigenvalue weighted by molar-refractivity contribution is 7.99. The Morgan fingerprint density at radius 3 is 2.73 bits per heavy atom. The number of nitrogens with one attached hydrogen (secondary N) is 3. The number of oxazole rings is 1. The van der Waals surface area contributed by atoms with Gasteiger partial charge in [0, 0.05) is 35.5 Å². The van der Waals surface area contributed by atoms with Crippen molar-refractivity contribution in [3.63, 3.8) is 0 Å². The van der Waals surface area contributed by atoms with Crippen molar-refractivity contribution in [2.24, 2.45) is 0 Å². The van der Waals surface area contributed by atoms with E-state index in [0.29, 0.717) is 28.7 Å². The maximum absolute atomic E-state index is 12.4. The number of hydrogen-bond acceptors (Lipinski definition) is 6. The first-order valence-electron chi connectivity index (χ1n) is 8.65. The van der Waals surface area contributed by atoms with Crippen LogP contribution in [0.1, 0.15) is 36.5 Å². The summed E-state index contributed by atoms with van der Waals surface area (Å²) in [6.07, 6.45) is 4.77. The molecule has 8 heteroatoms. The van der Waals surface area contributed by atoms with Crippen LogP contribution in [0.3, 0.4) is 0 Å². The van der Waals surface area contributed by atoms with E-state index in [4.69, 9.17) is 4.42 Å². The molecule has 3 N–H and O–H groups in total. The lowest BCUT2D eigenvalue weighted by atomic mass is 9.95. The summed E-state index contributed by atoms with van der Waals surface area (Å²) in [5.41, 5.74) is 0.642. The monoisotopic (exact) mass is 372 g/mol. The van der Waals surface area contributed by atoms with Crippen molar-refractivity contribution >= 4 is 29.4 Å². The van der Waals surface area contributed by atoms with Gasteiger partial charge in [0.1, 0.15) is 6.26 Å². The summed E-state index contributed by atoms with van der Waals surface area (Å²) < 4.78 is 5.31. The van der Waals surface area contributed by atoms with Crippen LogP contribution in [0.5, 0.6) is 0 Å². The summed E-state index contributed by atoms with van der Waals surface area (Å²) in [6.45, 7) is 1.41. The Hall–Kier alpha value is -2.32. The predicted octanol–water partition coefficient (Wildman–Crippen LogP) is 2.41. The molecule has 1 aromatic carbocycles. The lowest BCUT2D eigenvalue weighted by Gasteiger charge is -2.21. The number of anilines is 1. The van der Waals surface area contributed by atoms with Gasteiger partial charge in [0.25, 0.3) is 11.1 Å². The molecule has 0 saturated carbocycles. The molecule has 3 heterocycles. The number of nitrogens with zero attached hydrogens (tertiary/aromatic N) is 1. The third-order valence-electron chi connectivity index (χ3n) is 4.73. The summed E-state index contributed by atoms with van der Waals surface area (Å²) in [4.78, 5) is 28.5. The van der Waals surface area contributed by atoms with Crippen LogP contribution in [0.4, 0.5) is 5.82 Å². The van der Waals surface area contributed by atoms with Crippen LogP contribution in [0.25, 0.3) is 0 Å². The largest absolute Gasteiger partial charge is 0.437 e. The van der Waals surface area contributed by atoms with E-state index in [0.717, 1.165) is 17.7 Å². The van der Waals surface area contributed by atoms with Crippen LogP contribution in [0.2, 0.25) is 0 Å². The van der Waals surface area contributed by atoms with Gasteiger partial charge >= 0.3 is 0 Å². The number of carbonyl (C=O) groups is 2. The first kappa shape index (κ1) is 17.1. The standard InChI is InChI=1S/C18H20N4O3S/c1-10(23)19-16-9-25-18(22-16)26-13-5-2-11(3-6-13)17(24)21-15-8-12-4-7-14(15)20-12/h2-3,5-6,9,12,14-15,20H,4,7-8H2,1H3,(H,19,23)(H,21,24)/t12-,14+,15-/m1/s1. The van der Waals surface area contributed by atoms with Gasteiger partial charge < -0.3 is 20.4 Å². The summed E-state index contributed by atoms with van der Waals surface area (Å²) in [5, 5.41) is 9.66. The zero-order valence-corrected chi connectivity index (χ0v) is 15.1. The maximum atomic E-state index is 12.4. The van der Waals surface area contributed by atoms with Gasteiger partial charge in [-0.2, -0.15) is 4.98 Å². The average Bonchev–Trinajstić information content (AvgIpc) is 3.32. The summed E-state index contributed by atoms with van der Waals surface area (Å²) >= 11 is 1.33. The van der Waals surface area contributed by atoms with E-state index in [1.165, 1.54) is 31.4 Å². The Morgan fingerprint density at radius 1 is 1.27 bits per heavy atom. The average molecular weight is 372 g/mol. The topological polar surface area (TPSA) is 96.3 Å². The molecule has 1 aromatic heterocycles. The zero-order chi connectivity index (χ0) is 18.1. The van der Waals surface area contributed by atoms with Crippen LogP contribution in [0.15, 0.2) is 45.1 Å². The van der Waals surface area contributed by atoms with Gasteiger partial charge in [0.05, 0.1) is 0 Å². The van der Waals surface area contributed by atoms with Gasteiger partial charge in [0.2, 0.25) is 5.91 Å². The van der Waals surface area contributed by atoms with E-state index in [9.17, 15) is 9.59 Å². The van der Waals surface area contributed by atoms with Crippen molar-refractivity contribution in [2.75, 3.05) is 5.32 Å². The molecule has 2 aliphatic heterocycles. The molecule has 2 aromatic rings. The van der Waals surface area contributed by atoms with Gasteiger partial charge in [-0.25, -0.2) is 0 Å². The molecule has 0 spiro atoms. The number of amides is 2. The molecule has 7 nitrogen and oxygen atoms in total. The fourth-order valence-electron chi connectivity index (χ4n) is 3.55. The van der Waals surface area contributed by atoms with Gasteiger partial charge in [-0.15, -0.1) is 0 Å². The summed E-state index contributed by atoms with van der Waals surface area (Å²) in [6, 6.07) is 8.54. The van der Waals surface area contributed by atoms with Gasteiger partial charge in [-0.1, -0.05) is 0 Å². The Balaban J connectivity index is 1.35. The fraction of sp³-hybridized carbons (Fsp3) is 0.389. The third-order valence-corrected chi connectivity index (χ3v) is 5.60. The minimum Gasteiger partial charge on any atom is -0.437 e. The van der Waals surface area contributed by atoms with Crippen molar-refractivity contribution in [1.82, 2.24) is 15.6 Å².